The number of hydrogen-bond donors (Lipinski definition) is 2. The van der Waals surface area contributed by atoms with Gasteiger partial charge in [-0.2, -0.15) is 13.2 Å². The van der Waals surface area contributed by atoms with Crippen LogP contribution in [0.5, 0.6) is 0 Å². The van der Waals surface area contributed by atoms with E-state index >= 15 is 0 Å². The summed E-state index contributed by atoms with van der Waals surface area (Å²) in [5.41, 5.74) is 0. The summed E-state index contributed by atoms with van der Waals surface area (Å²) < 4.78 is 35.8. The third kappa shape index (κ3) is 5.26. The molecule has 0 aromatic heterocycles. The number of carboxylic acid groups (broad SMARTS) is 1. The zero-order valence-corrected chi connectivity index (χ0v) is 11.2. The van der Waals surface area contributed by atoms with Crippen LogP contribution >= 0.6 is 0 Å². The van der Waals surface area contributed by atoms with Crippen molar-refractivity contribution in [1.82, 2.24) is 10.2 Å². The highest BCUT2D eigenvalue weighted by Crippen LogP contribution is 2.23. The molecular formula is C12H19F3N2O3. The maximum Gasteiger partial charge on any atom is 0.389 e. The molecule has 2 amide bonds. The number of hydrogen-bond acceptors (Lipinski definition) is 2. The van der Waals surface area contributed by atoms with Crippen molar-refractivity contribution >= 4 is 12.0 Å². The average Bonchev–Trinajstić information content (AvgIpc) is 2.33. The number of aliphatic carboxylic acids is 1. The van der Waals surface area contributed by atoms with Crippen LogP contribution in [0.15, 0.2) is 0 Å². The second-order valence-electron chi connectivity index (χ2n) is 5.13. The van der Waals surface area contributed by atoms with Gasteiger partial charge in [0.1, 0.15) is 6.04 Å². The topological polar surface area (TPSA) is 69.6 Å². The predicted octanol–water partition coefficient (Wildman–Crippen LogP) is 2.22. The molecule has 0 aromatic carbocycles. The van der Waals surface area contributed by atoms with Gasteiger partial charge in [0.2, 0.25) is 0 Å². The monoisotopic (exact) mass is 296 g/mol. The highest BCUT2D eigenvalue weighted by molar-refractivity contribution is 5.82. The Balaban J connectivity index is 2.43. The Hall–Kier alpha value is -1.47. The van der Waals surface area contributed by atoms with E-state index in [9.17, 15) is 22.8 Å². The van der Waals surface area contributed by atoms with E-state index in [0.717, 1.165) is 0 Å². The molecule has 2 N–H and O–H groups in total. The van der Waals surface area contributed by atoms with Crippen LogP contribution in [0, 0.1) is 5.92 Å². The van der Waals surface area contributed by atoms with E-state index in [1.807, 2.05) is 6.92 Å². The normalized spacial score (nSPS) is 23.5. The minimum absolute atomic E-state index is 0.114. The van der Waals surface area contributed by atoms with Gasteiger partial charge in [-0.15, -0.1) is 0 Å². The average molecular weight is 296 g/mol. The van der Waals surface area contributed by atoms with Crippen LogP contribution in [0.1, 0.15) is 32.6 Å². The molecular weight excluding hydrogens is 277 g/mol. The van der Waals surface area contributed by atoms with Gasteiger partial charge in [-0.05, 0) is 25.2 Å². The van der Waals surface area contributed by atoms with Crippen molar-refractivity contribution in [3.8, 4) is 0 Å². The van der Waals surface area contributed by atoms with E-state index in [0.29, 0.717) is 19.4 Å². The minimum atomic E-state index is -4.24. The van der Waals surface area contributed by atoms with Gasteiger partial charge < -0.3 is 15.3 Å². The van der Waals surface area contributed by atoms with Gasteiger partial charge >= 0.3 is 18.2 Å². The van der Waals surface area contributed by atoms with E-state index in [1.165, 1.54) is 4.90 Å². The number of carbonyl (C=O) groups excluding carboxylic acids is 1. The Morgan fingerprint density at radius 1 is 1.40 bits per heavy atom. The molecule has 0 spiro atoms. The van der Waals surface area contributed by atoms with Crippen LogP contribution in [0.4, 0.5) is 18.0 Å². The molecule has 5 nitrogen and oxygen atoms in total. The molecule has 0 aromatic rings. The van der Waals surface area contributed by atoms with Crippen molar-refractivity contribution in [2.24, 2.45) is 5.92 Å². The predicted molar refractivity (Wildman–Crippen MR) is 65.2 cm³/mol. The molecule has 20 heavy (non-hydrogen) atoms. The summed E-state index contributed by atoms with van der Waals surface area (Å²) >= 11 is 0. The first-order valence-electron chi connectivity index (χ1n) is 6.54. The maximum atomic E-state index is 11.9. The van der Waals surface area contributed by atoms with Gasteiger partial charge in [0, 0.05) is 19.5 Å². The van der Waals surface area contributed by atoms with Gasteiger partial charge in [0.25, 0.3) is 0 Å². The van der Waals surface area contributed by atoms with Crippen LogP contribution in [-0.4, -0.2) is 47.3 Å². The minimum Gasteiger partial charge on any atom is -0.480 e. The van der Waals surface area contributed by atoms with E-state index in [4.69, 9.17) is 5.11 Å². The quantitative estimate of drug-likeness (QED) is 0.782. The van der Waals surface area contributed by atoms with Crippen molar-refractivity contribution in [2.45, 2.75) is 44.8 Å². The fourth-order valence-electron chi connectivity index (χ4n) is 2.20. The van der Waals surface area contributed by atoms with E-state index in [-0.39, 0.29) is 18.9 Å². The lowest BCUT2D eigenvalue weighted by molar-refractivity contribution is -0.143. The first-order valence-corrected chi connectivity index (χ1v) is 6.54. The largest absolute Gasteiger partial charge is 0.480 e. The number of carbonyl (C=O) groups is 2. The summed E-state index contributed by atoms with van der Waals surface area (Å²) in [7, 11) is 0. The summed E-state index contributed by atoms with van der Waals surface area (Å²) in [6.07, 6.45) is -4.36. The number of carboxylic acids is 1. The second-order valence-corrected chi connectivity index (χ2v) is 5.13. The maximum absolute atomic E-state index is 11.9. The van der Waals surface area contributed by atoms with Gasteiger partial charge in [0.05, 0.1) is 0 Å². The van der Waals surface area contributed by atoms with Crippen LogP contribution in [-0.2, 0) is 4.79 Å². The molecule has 0 radical (unpaired) electrons. The number of piperidine rings is 1. The Bertz CT molecular complexity index is 360. The second kappa shape index (κ2) is 6.81. The van der Waals surface area contributed by atoms with Crippen molar-refractivity contribution in [2.75, 3.05) is 13.1 Å². The summed E-state index contributed by atoms with van der Waals surface area (Å²) in [6.45, 7) is 2.11. The number of amides is 2. The molecule has 0 saturated carbocycles. The molecule has 1 aliphatic heterocycles. The Kier molecular flexibility index (Phi) is 5.64. The molecule has 1 heterocycles. The lowest BCUT2D eigenvalue weighted by atomic mass is 9.93. The molecule has 0 bridgehead atoms. The van der Waals surface area contributed by atoms with Crippen molar-refractivity contribution < 1.29 is 27.9 Å². The Labute approximate surface area is 115 Å². The summed E-state index contributed by atoms with van der Waals surface area (Å²) in [4.78, 5) is 24.1. The number of rotatable bonds is 4. The molecule has 0 aliphatic carbocycles. The third-order valence-electron chi connectivity index (χ3n) is 3.32. The van der Waals surface area contributed by atoms with E-state index < -0.39 is 30.6 Å². The first-order chi connectivity index (χ1) is 9.20. The molecule has 1 rings (SSSR count). The lowest BCUT2D eigenvalue weighted by Crippen LogP contribution is -2.53. The number of likely N-dealkylation sites (tertiary alicyclic amines) is 1. The zero-order valence-electron chi connectivity index (χ0n) is 11.2. The fourth-order valence-corrected chi connectivity index (χ4v) is 2.20. The standard InChI is InChI=1S/C12H19F3N2O3/c1-8-3-6-17(9(7-8)10(18)19)11(20)16-5-2-4-12(13,14)15/h8-9H,2-7H2,1H3,(H,16,20)(H,18,19). The molecule has 2 atom stereocenters. The van der Waals surface area contributed by atoms with Crippen LogP contribution in [0.25, 0.3) is 0 Å². The summed E-state index contributed by atoms with van der Waals surface area (Å²) in [6, 6.07) is -1.51. The fraction of sp³-hybridized carbons (Fsp3) is 0.833. The number of nitrogens with one attached hydrogen (secondary N) is 1. The first kappa shape index (κ1) is 16.6. The Morgan fingerprint density at radius 3 is 2.60 bits per heavy atom. The highest BCUT2D eigenvalue weighted by atomic mass is 19.4. The molecule has 2 unspecified atom stereocenters. The van der Waals surface area contributed by atoms with Crippen LogP contribution in [0.3, 0.4) is 0 Å². The Morgan fingerprint density at radius 2 is 2.05 bits per heavy atom. The van der Waals surface area contributed by atoms with Crippen LogP contribution in [0.2, 0.25) is 0 Å². The number of halogens is 3. The lowest BCUT2D eigenvalue weighted by Gasteiger charge is -2.35. The van der Waals surface area contributed by atoms with Gasteiger partial charge in [-0.1, -0.05) is 6.92 Å². The smallest absolute Gasteiger partial charge is 0.389 e. The van der Waals surface area contributed by atoms with E-state index in [1.54, 1.807) is 0 Å². The third-order valence-corrected chi connectivity index (χ3v) is 3.32. The number of nitrogens with zero attached hydrogens (tertiary/aromatic N) is 1. The van der Waals surface area contributed by atoms with Crippen LogP contribution < -0.4 is 5.32 Å². The molecule has 8 heteroatoms. The summed E-state index contributed by atoms with van der Waals surface area (Å²) in [5.74, 6) is -0.868. The summed E-state index contributed by atoms with van der Waals surface area (Å²) in [5, 5.41) is 11.4. The zero-order chi connectivity index (χ0) is 15.3. The number of alkyl halides is 3. The SMILES string of the molecule is CC1CCN(C(=O)NCCCC(F)(F)F)C(C(=O)O)C1. The van der Waals surface area contributed by atoms with Gasteiger partial charge in [-0.25, -0.2) is 9.59 Å². The molecule has 1 fully saturated rings. The van der Waals surface area contributed by atoms with Gasteiger partial charge in [-0.3, -0.25) is 0 Å². The van der Waals surface area contributed by atoms with Crippen molar-refractivity contribution in [1.29, 1.82) is 0 Å². The molecule has 116 valence electrons. The van der Waals surface area contributed by atoms with Gasteiger partial charge in [0.15, 0.2) is 0 Å². The highest BCUT2D eigenvalue weighted by Gasteiger charge is 2.34. The molecule has 1 aliphatic rings. The van der Waals surface area contributed by atoms with E-state index in [2.05, 4.69) is 5.32 Å². The molecule has 1 saturated heterocycles. The van der Waals surface area contributed by atoms with Crippen molar-refractivity contribution in [3.05, 3.63) is 0 Å². The number of urea groups is 1. The van der Waals surface area contributed by atoms with Crippen molar-refractivity contribution in [3.63, 3.8) is 0 Å².